The van der Waals surface area contributed by atoms with Gasteiger partial charge in [0.25, 0.3) is 0 Å². The molecule has 1 aromatic carbocycles. The van der Waals surface area contributed by atoms with Gasteiger partial charge in [-0.3, -0.25) is 0 Å². The first-order valence-corrected chi connectivity index (χ1v) is 6.27. The molecule has 2 nitrogen and oxygen atoms in total. The fraction of sp³-hybridized carbons (Fsp3) is 0.231. The third-order valence-electron chi connectivity index (χ3n) is 2.57. The third kappa shape index (κ3) is 2.84. The molecular formula is C13H16N2S. The molecular weight excluding hydrogens is 216 g/mol. The van der Waals surface area contributed by atoms with Crippen molar-refractivity contribution in [3.63, 3.8) is 0 Å². The lowest BCUT2D eigenvalue weighted by molar-refractivity contribution is 0.695. The van der Waals surface area contributed by atoms with E-state index in [1.807, 2.05) is 13.0 Å². The van der Waals surface area contributed by atoms with E-state index in [9.17, 15) is 0 Å². The molecule has 0 aliphatic rings. The Kier molecular flexibility index (Phi) is 3.59. The first-order chi connectivity index (χ1) is 7.75. The van der Waals surface area contributed by atoms with E-state index in [1.165, 1.54) is 11.1 Å². The van der Waals surface area contributed by atoms with Crippen molar-refractivity contribution in [2.24, 2.45) is 0 Å². The summed E-state index contributed by atoms with van der Waals surface area (Å²) in [6.45, 7) is 3.85. The smallest absolute Gasteiger partial charge is 0.0343 e. The zero-order valence-electron chi connectivity index (χ0n) is 9.36. The predicted molar refractivity (Wildman–Crippen MR) is 70.5 cm³/mol. The number of hydrogen-bond donors (Lipinski definition) is 2. The minimum atomic E-state index is 0.863. The van der Waals surface area contributed by atoms with Crippen molar-refractivity contribution in [2.45, 2.75) is 20.0 Å². The van der Waals surface area contributed by atoms with Crippen LogP contribution >= 0.6 is 11.3 Å². The van der Waals surface area contributed by atoms with Gasteiger partial charge in [-0.05, 0) is 46.5 Å². The van der Waals surface area contributed by atoms with Crippen LogP contribution in [0.15, 0.2) is 35.0 Å². The highest BCUT2D eigenvalue weighted by atomic mass is 32.1. The lowest BCUT2D eigenvalue weighted by Crippen LogP contribution is -2.12. The van der Waals surface area contributed by atoms with E-state index in [0.29, 0.717) is 0 Å². The lowest BCUT2D eigenvalue weighted by atomic mass is 10.1. The highest BCUT2D eigenvalue weighted by Gasteiger charge is 1.97. The van der Waals surface area contributed by atoms with Crippen molar-refractivity contribution in [3.8, 4) is 0 Å². The Labute approximate surface area is 100 Å². The summed E-state index contributed by atoms with van der Waals surface area (Å²) >= 11 is 1.73. The highest BCUT2D eigenvalue weighted by Crippen LogP contribution is 2.12. The molecule has 16 heavy (non-hydrogen) atoms. The average Bonchev–Trinajstić information content (AvgIpc) is 2.76. The van der Waals surface area contributed by atoms with Crippen molar-refractivity contribution in [3.05, 3.63) is 51.7 Å². The van der Waals surface area contributed by atoms with E-state index in [1.54, 1.807) is 11.3 Å². The van der Waals surface area contributed by atoms with E-state index in [0.717, 1.165) is 24.3 Å². The SMILES string of the molecule is Cc1cc(CNCc2ccsc2)ccc1N. The highest BCUT2D eigenvalue weighted by molar-refractivity contribution is 7.07. The quantitative estimate of drug-likeness (QED) is 0.795. The van der Waals surface area contributed by atoms with Gasteiger partial charge in [0.1, 0.15) is 0 Å². The molecule has 0 amide bonds. The minimum Gasteiger partial charge on any atom is -0.399 e. The number of nitrogen functional groups attached to an aromatic ring is 1. The summed E-state index contributed by atoms with van der Waals surface area (Å²) in [7, 11) is 0. The monoisotopic (exact) mass is 232 g/mol. The number of nitrogens with one attached hydrogen (secondary N) is 1. The molecule has 1 heterocycles. The molecule has 0 saturated heterocycles. The zero-order chi connectivity index (χ0) is 11.4. The lowest BCUT2D eigenvalue weighted by Gasteiger charge is -2.06. The van der Waals surface area contributed by atoms with Gasteiger partial charge in [-0.25, -0.2) is 0 Å². The number of hydrogen-bond acceptors (Lipinski definition) is 3. The molecule has 0 unspecified atom stereocenters. The second-order valence-electron chi connectivity index (χ2n) is 3.93. The topological polar surface area (TPSA) is 38.0 Å². The largest absolute Gasteiger partial charge is 0.399 e. The van der Waals surface area contributed by atoms with Crippen LogP contribution in [0, 0.1) is 6.92 Å². The number of rotatable bonds is 4. The summed E-state index contributed by atoms with van der Waals surface area (Å²) in [6.07, 6.45) is 0. The first kappa shape index (κ1) is 11.2. The van der Waals surface area contributed by atoms with Crippen molar-refractivity contribution in [1.29, 1.82) is 0 Å². The maximum atomic E-state index is 5.78. The second-order valence-corrected chi connectivity index (χ2v) is 4.71. The Morgan fingerprint density at radius 3 is 2.69 bits per heavy atom. The van der Waals surface area contributed by atoms with Crippen LogP contribution in [-0.2, 0) is 13.1 Å². The van der Waals surface area contributed by atoms with Gasteiger partial charge in [0, 0.05) is 18.8 Å². The number of thiophene rings is 1. The Balaban J connectivity index is 1.87. The zero-order valence-corrected chi connectivity index (χ0v) is 10.2. The molecule has 0 fully saturated rings. The molecule has 0 aliphatic carbocycles. The van der Waals surface area contributed by atoms with E-state index in [-0.39, 0.29) is 0 Å². The number of nitrogens with two attached hydrogens (primary N) is 1. The van der Waals surface area contributed by atoms with Crippen molar-refractivity contribution < 1.29 is 0 Å². The molecule has 1 aromatic heterocycles. The van der Waals surface area contributed by atoms with Crippen LogP contribution < -0.4 is 11.1 Å². The summed E-state index contributed by atoms with van der Waals surface area (Å²) < 4.78 is 0. The van der Waals surface area contributed by atoms with Gasteiger partial charge in [-0.15, -0.1) is 0 Å². The van der Waals surface area contributed by atoms with Gasteiger partial charge < -0.3 is 11.1 Å². The molecule has 0 aliphatic heterocycles. The second kappa shape index (κ2) is 5.14. The normalized spacial score (nSPS) is 10.6. The van der Waals surface area contributed by atoms with Crippen LogP contribution in [0.2, 0.25) is 0 Å². The van der Waals surface area contributed by atoms with Gasteiger partial charge in [0.05, 0.1) is 0 Å². The summed E-state index contributed by atoms with van der Waals surface area (Å²) in [4.78, 5) is 0. The molecule has 0 saturated carbocycles. The van der Waals surface area contributed by atoms with E-state index in [2.05, 4.69) is 34.3 Å². The van der Waals surface area contributed by atoms with E-state index >= 15 is 0 Å². The fourth-order valence-electron chi connectivity index (χ4n) is 1.59. The van der Waals surface area contributed by atoms with Crippen molar-refractivity contribution >= 4 is 17.0 Å². The number of anilines is 1. The van der Waals surface area contributed by atoms with Crippen LogP contribution in [0.25, 0.3) is 0 Å². The van der Waals surface area contributed by atoms with Gasteiger partial charge in [-0.2, -0.15) is 11.3 Å². The molecule has 0 bridgehead atoms. The van der Waals surface area contributed by atoms with Crippen LogP contribution in [0.1, 0.15) is 16.7 Å². The van der Waals surface area contributed by atoms with Crippen LogP contribution in [0.5, 0.6) is 0 Å². The number of aryl methyl sites for hydroxylation is 1. The maximum Gasteiger partial charge on any atom is 0.0343 e. The Morgan fingerprint density at radius 1 is 1.19 bits per heavy atom. The number of benzene rings is 1. The predicted octanol–water partition coefficient (Wildman–Crippen LogP) is 2.93. The van der Waals surface area contributed by atoms with Gasteiger partial charge >= 0.3 is 0 Å². The summed E-state index contributed by atoms with van der Waals surface area (Å²) in [5.41, 5.74) is 10.4. The van der Waals surface area contributed by atoms with Crippen LogP contribution in [0.4, 0.5) is 5.69 Å². The van der Waals surface area contributed by atoms with Gasteiger partial charge in [0.2, 0.25) is 0 Å². The van der Waals surface area contributed by atoms with Crippen molar-refractivity contribution in [1.82, 2.24) is 5.32 Å². The Bertz CT molecular complexity index is 449. The average molecular weight is 232 g/mol. The molecule has 2 rings (SSSR count). The molecule has 84 valence electrons. The first-order valence-electron chi connectivity index (χ1n) is 5.32. The summed E-state index contributed by atoms with van der Waals surface area (Å²) in [5, 5.41) is 7.69. The fourth-order valence-corrected chi connectivity index (χ4v) is 2.26. The van der Waals surface area contributed by atoms with Crippen LogP contribution in [-0.4, -0.2) is 0 Å². The molecule has 3 heteroatoms. The van der Waals surface area contributed by atoms with E-state index < -0.39 is 0 Å². The molecule has 0 spiro atoms. The molecule has 0 atom stereocenters. The molecule has 2 aromatic rings. The Hall–Kier alpha value is -1.32. The van der Waals surface area contributed by atoms with Crippen molar-refractivity contribution in [2.75, 3.05) is 5.73 Å². The molecule has 3 N–H and O–H groups in total. The summed E-state index contributed by atoms with van der Waals surface area (Å²) in [6, 6.07) is 8.32. The van der Waals surface area contributed by atoms with Crippen LogP contribution in [0.3, 0.4) is 0 Å². The minimum absolute atomic E-state index is 0.863. The van der Waals surface area contributed by atoms with E-state index in [4.69, 9.17) is 5.73 Å². The maximum absolute atomic E-state index is 5.78. The third-order valence-corrected chi connectivity index (χ3v) is 3.30. The summed E-state index contributed by atoms with van der Waals surface area (Å²) in [5.74, 6) is 0. The molecule has 0 radical (unpaired) electrons. The standard InChI is InChI=1S/C13H16N2S/c1-10-6-11(2-3-13(10)14)7-15-8-12-4-5-16-9-12/h2-6,9,15H,7-8,14H2,1H3. The van der Waals surface area contributed by atoms with Gasteiger partial charge in [0.15, 0.2) is 0 Å². The Morgan fingerprint density at radius 2 is 2.00 bits per heavy atom. The van der Waals surface area contributed by atoms with Gasteiger partial charge in [-0.1, -0.05) is 12.1 Å².